The van der Waals surface area contributed by atoms with Crippen LogP contribution in [0.5, 0.6) is 0 Å². The molecule has 21 heavy (non-hydrogen) atoms. The van der Waals surface area contributed by atoms with Gasteiger partial charge < -0.3 is 5.73 Å². The number of hydrogen-bond acceptors (Lipinski definition) is 2. The van der Waals surface area contributed by atoms with Crippen LogP contribution < -0.4 is 5.73 Å². The van der Waals surface area contributed by atoms with Crippen molar-refractivity contribution in [3.8, 4) is 0 Å². The zero-order chi connectivity index (χ0) is 14.3. The molecule has 120 valence electrons. The van der Waals surface area contributed by atoms with Crippen LogP contribution in [0.1, 0.15) is 83.5 Å². The minimum absolute atomic E-state index is 0.377. The highest BCUT2D eigenvalue weighted by Crippen LogP contribution is 2.54. The average molecular weight is 290 g/mol. The Morgan fingerprint density at radius 1 is 0.810 bits per heavy atom. The van der Waals surface area contributed by atoms with Crippen molar-refractivity contribution in [2.45, 2.75) is 95.1 Å². The Morgan fingerprint density at radius 2 is 1.52 bits per heavy atom. The molecule has 1 saturated heterocycles. The van der Waals surface area contributed by atoms with E-state index < -0.39 is 0 Å². The van der Waals surface area contributed by atoms with Crippen LogP contribution in [0.4, 0.5) is 0 Å². The van der Waals surface area contributed by atoms with Crippen LogP contribution in [0.3, 0.4) is 0 Å². The van der Waals surface area contributed by atoms with Crippen LogP contribution in [0, 0.1) is 11.3 Å². The van der Waals surface area contributed by atoms with E-state index in [1.165, 1.54) is 90.0 Å². The molecule has 2 heteroatoms. The van der Waals surface area contributed by atoms with Gasteiger partial charge in [-0.1, -0.05) is 19.3 Å². The molecule has 0 bridgehead atoms. The summed E-state index contributed by atoms with van der Waals surface area (Å²) in [5.74, 6) is 1.00. The Kier molecular flexibility index (Phi) is 3.82. The molecule has 2 nitrogen and oxygen atoms in total. The number of likely N-dealkylation sites (tertiary alicyclic amines) is 1. The summed E-state index contributed by atoms with van der Waals surface area (Å²) in [6.45, 7) is 2.25. The lowest BCUT2D eigenvalue weighted by Crippen LogP contribution is -2.62. The van der Waals surface area contributed by atoms with Crippen molar-refractivity contribution in [2.75, 3.05) is 13.1 Å². The van der Waals surface area contributed by atoms with Crippen LogP contribution >= 0.6 is 0 Å². The van der Waals surface area contributed by atoms with Gasteiger partial charge in [-0.3, -0.25) is 4.90 Å². The average Bonchev–Trinajstić information content (AvgIpc) is 3.18. The first-order chi connectivity index (χ1) is 10.3. The Hall–Kier alpha value is -0.0800. The summed E-state index contributed by atoms with van der Waals surface area (Å²) < 4.78 is 0. The number of nitrogens with two attached hydrogens (primary N) is 1. The molecule has 2 atom stereocenters. The van der Waals surface area contributed by atoms with Gasteiger partial charge in [0.2, 0.25) is 0 Å². The molecule has 4 fully saturated rings. The van der Waals surface area contributed by atoms with Crippen LogP contribution in [0.15, 0.2) is 0 Å². The monoisotopic (exact) mass is 290 g/mol. The second-order valence-corrected chi connectivity index (χ2v) is 8.73. The Bertz CT molecular complexity index is 362. The van der Waals surface area contributed by atoms with Crippen molar-refractivity contribution >= 4 is 0 Å². The molecule has 0 aromatic heterocycles. The zero-order valence-corrected chi connectivity index (χ0v) is 13.8. The molecule has 0 radical (unpaired) electrons. The lowest BCUT2D eigenvalue weighted by molar-refractivity contribution is -0.0410. The second kappa shape index (κ2) is 5.53. The van der Waals surface area contributed by atoms with Gasteiger partial charge in [-0.15, -0.1) is 0 Å². The Labute approximate surface area is 130 Å². The first kappa shape index (κ1) is 14.5. The van der Waals surface area contributed by atoms with Crippen molar-refractivity contribution in [3.05, 3.63) is 0 Å². The summed E-state index contributed by atoms with van der Waals surface area (Å²) in [6.07, 6.45) is 19.1. The zero-order valence-electron chi connectivity index (χ0n) is 13.8. The van der Waals surface area contributed by atoms with Crippen LogP contribution in [-0.4, -0.2) is 29.6 Å². The molecule has 0 amide bonds. The normalized spacial score (nSPS) is 38.7. The number of piperidine rings is 1. The van der Waals surface area contributed by atoms with Crippen molar-refractivity contribution in [3.63, 3.8) is 0 Å². The summed E-state index contributed by atoms with van der Waals surface area (Å²) in [6, 6.07) is 0.889. The predicted octanol–water partition coefficient (Wildman–Crippen LogP) is 4.08. The molecule has 1 spiro atoms. The van der Waals surface area contributed by atoms with Crippen LogP contribution in [0.2, 0.25) is 0 Å². The summed E-state index contributed by atoms with van der Waals surface area (Å²) in [5, 5.41) is 0. The summed E-state index contributed by atoms with van der Waals surface area (Å²) in [4.78, 5) is 2.94. The molecule has 4 rings (SSSR count). The molecule has 3 saturated carbocycles. The standard InChI is InChI=1S/C19H34N2/c20-15-19(12-10-18(11-13-19)8-1-2-9-18)21-14-4-6-16-5-3-7-17(16)21/h16-17H,1-15,20H2. The smallest absolute Gasteiger partial charge is 0.0335 e. The van der Waals surface area contributed by atoms with E-state index >= 15 is 0 Å². The highest BCUT2D eigenvalue weighted by atomic mass is 15.3. The highest BCUT2D eigenvalue weighted by Gasteiger charge is 2.49. The minimum atomic E-state index is 0.377. The Morgan fingerprint density at radius 3 is 2.24 bits per heavy atom. The summed E-state index contributed by atoms with van der Waals surface area (Å²) >= 11 is 0. The number of nitrogens with zero attached hydrogens (tertiary/aromatic N) is 1. The van der Waals surface area contributed by atoms with Gasteiger partial charge in [0.1, 0.15) is 0 Å². The van der Waals surface area contributed by atoms with Gasteiger partial charge in [0, 0.05) is 18.1 Å². The first-order valence-electron chi connectivity index (χ1n) is 9.74. The van der Waals surface area contributed by atoms with Gasteiger partial charge in [0.25, 0.3) is 0 Å². The van der Waals surface area contributed by atoms with E-state index in [1.54, 1.807) is 0 Å². The molecule has 4 aliphatic rings. The second-order valence-electron chi connectivity index (χ2n) is 8.73. The van der Waals surface area contributed by atoms with Crippen LogP contribution in [-0.2, 0) is 0 Å². The van der Waals surface area contributed by atoms with E-state index in [1.807, 2.05) is 0 Å². The molecular formula is C19H34N2. The molecule has 3 aliphatic carbocycles. The van der Waals surface area contributed by atoms with Crippen molar-refractivity contribution in [1.82, 2.24) is 4.90 Å². The Balaban J connectivity index is 1.51. The molecule has 1 heterocycles. The minimum Gasteiger partial charge on any atom is -0.329 e. The maximum Gasteiger partial charge on any atom is 0.0335 e. The van der Waals surface area contributed by atoms with Gasteiger partial charge in [-0.2, -0.15) is 0 Å². The van der Waals surface area contributed by atoms with E-state index in [0.29, 0.717) is 5.54 Å². The fourth-order valence-electron chi connectivity index (χ4n) is 6.52. The van der Waals surface area contributed by atoms with Gasteiger partial charge in [-0.05, 0) is 82.1 Å². The summed E-state index contributed by atoms with van der Waals surface area (Å²) in [7, 11) is 0. The quantitative estimate of drug-likeness (QED) is 0.830. The third-order valence-electron chi connectivity index (χ3n) is 7.89. The molecular weight excluding hydrogens is 256 g/mol. The van der Waals surface area contributed by atoms with Crippen molar-refractivity contribution in [2.24, 2.45) is 17.1 Å². The summed E-state index contributed by atoms with van der Waals surface area (Å²) in [5.41, 5.74) is 7.51. The maximum absolute atomic E-state index is 6.40. The predicted molar refractivity (Wildman–Crippen MR) is 88.2 cm³/mol. The largest absolute Gasteiger partial charge is 0.329 e. The topological polar surface area (TPSA) is 29.3 Å². The van der Waals surface area contributed by atoms with Gasteiger partial charge >= 0.3 is 0 Å². The third kappa shape index (κ3) is 2.37. The van der Waals surface area contributed by atoms with Gasteiger partial charge in [0.05, 0.1) is 0 Å². The van der Waals surface area contributed by atoms with Crippen LogP contribution in [0.25, 0.3) is 0 Å². The van der Waals surface area contributed by atoms with E-state index in [2.05, 4.69) is 4.90 Å². The highest BCUT2D eigenvalue weighted by molar-refractivity contribution is 5.05. The lowest BCUT2D eigenvalue weighted by Gasteiger charge is -2.55. The molecule has 0 aromatic carbocycles. The SMILES string of the molecule is NCC1(N2CCCC3CCCC32)CCC2(CCCC2)CC1. The van der Waals surface area contributed by atoms with E-state index in [0.717, 1.165) is 23.9 Å². The van der Waals surface area contributed by atoms with Gasteiger partial charge in [0.15, 0.2) is 0 Å². The first-order valence-corrected chi connectivity index (χ1v) is 9.74. The molecule has 2 unspecified atom stereocenters. The number of rotatable bonds is 2. The molecule has 0 aromatic rings. The van der Waals surface area contributed by atoms with E-state index in [-0.39, 0.29) is 0 Å². The van der Waals surface area contributed by atoms with E-state index in [9.17, 15) is 0 Å². The van der Waals surface area contributed by atoms with E-state index in [4.69, 9.17) is 5.73 Å². The number of hydrogen-bond donors (Lipinski definition) is 1. The molecule has 1 aliphatic heterocycles. The van der Waals surface area contributed by atoms with Crippen molar-refractivity contribution < 1.29 is 0 Å². The number of fused-ring (bicyclic) bond motifs is 1. The molecule has 2 N–H and O–H groups in total. The maximum atomic E-state index is 6.40. The lowest BCUT2D eigenvalue weighted by atomic mass is 9.65. The van der Waals surface area contributed by atoms with Crippen molar-refractivity contribution in [1.29, 1.82) is 0 Å². The fourth-order valence-corrected chi connectivity index (χ4v) is 6.52. The third-order valence-corrected chi connectivity index (χ3v) is 7.89. The fraction of sp³-hybridized carbons (Fsp3) is 1.00. The van der Waals surface area contributed by atoms with Gasteiger partial charge in [-0.25, -0.2) is 0 Å².